The summed E-state index contributed by atoms with van der Waals surface area (Å²) in [6.07, 6.45) is 1.08. The minimum Gasteiger partial charge on any atom is -0.494 e. The summed E-state index contributed by atoms with van der Waals surface area (Å²) in [5.41, 5.74) is 1.13. The quantitative estimate of drug-likeness (QED) is 0.869. The molecule has 2 aliphatic rings. The van der Waals surface area contributed by atoms with Crippen LogP contribution in [0.2, 0.25) is 0 Å². The number of hydrogen-bond acceptors (Lipinski definition) is 4. The van der Waals surface area contributed by atoms with Crippen molar-refractivity contribution in [3.05, 3.63) is 23.8 Å². The van der Waals surface area contributed by atoms with E-state index in [2.05, 4.69) is 11.4 Å². The second-order valence-corrected chi connectivity index (χ2v) is 4.62. The number of morpholine rings is 1. The Labute approximate surface area is 107 Å². The molecule has 0 radical (unpaired) electrons. The van der Waals surface area contributed by atoms with Crippen molar-refractivity contribution in [2.24, 2.45) is 0 Å². The Hall–Kier alpha value is -1.26. The van der Waals surface area contributed by atoms with Crippen molar-refractivity contribution < 1.29 is 14.2 Å². The van der Waals surface area contributed by atoms with Gasteiger partial charge >= 0.3 is 0 Å². The fourth-order valence-corrected chi connectivity index (χ4v) is 2.64. The van der Waals surface area contributed by atoms with Crippen LogP contribution in [0.4, 0.5) is 0 Å². The van der Waals surface area contributed by atoms with E-state index in [9.17, 15) is 0 Å². The van der Waals surface area contributed by atoms with Crippen LogP contribution in [0.5, 0.6) is 11.5 Å². The van der Waals surface area contributed by atoms with Gasteiger partial charge in [0.15, 0.2) is 0 Å². The predicted octanol–water partition coefficient (Wildman–Crippen LogP) is 1.90. The first kappa shape index (κ1) is 11.8. The zero-order chi connectivity index (χ0) is 12.4. The Balaban J connectivity index is 1.92. The molecule has 98 valence electrons. The molecule has 1 fully saturated rings. The molecule has 0 unspecified atom stereocenters. The Kier molecular flexibility index (Phi) is 3.39. The lowest BCUT2D eigenvalue weighted by molar-refractivity contribution is -0.00585. The number of ether oxygens (including phenoxy) is 3. The first-order valence-electron chi connectivity index (χ1n) is 6.63. The van der Waals surface area contributed by atoms with Crippen molar-refractivity contribution in [2.75, 3.05) is 26.4 Å². The van der Waals surface area contributed by atoms with Crippen molar-refractivity contribution in [3.8, 4) is 11.5 Å². The third-order valence-corrected chi connectivity index (χ3v) is 3.46. The van der Waals surface area contributed by atoms with E-state index in [4.69, 9.17) is 14.2 Å². The summed E-state index contributed by atoms with van der Waals surface area (Å²) in [5, 5.41) is 3.51. The maximum absolute atomic E-state index is 5.90. The van der Waals surface area contributed by atoms with E-state index in [1.165, 1.54) is 0 Å². The van der Waals surface area contributed by atoms with Crippen LogP contribution in [-0.4, -0.2) is 32.4 Å². The van der Waals surface area contributed by atoms with Crippen LogP contribution in [-0.2, 0) is 4.74 Å². The number of hydrogen-bond donors (Lipinski definition) is 1. The number of rotatable bonds is 2. The molecule has 4 nitrogen and oxygen atoms in total. The molecule has 0 aliphatic carbocycles. The van der Waals surface area contributed by atoms with Crippen LogP contribution in [0.1, 0.15) is 25.0 Å². The van der Waals surface area contributed by atoms with Gasteiger partial charge in [-0.05, 0) is 25.5 Å². The first-order valence-corrected chi connectivity index (χ1v) is 6.63. The Morgan fingerprint density at radius 3 is 3.22 bits per heavy atom. The zero-order valence-corrected chi connectivity index (χ0v) is 10.6. The second-order valence-electron chi connectivity index (χ2n) is 4.62. The van der Waals surface area contributed by atoms with Gasteiger partial charge in [0.2, 0.25) is 0 Å². The smallest absolute Gasteiger partial charge is 0.128 e. The highest BCUT2D eigenvalue weighted by Crippen LogP contribution is 2.37. The monoisotopic (exact) mass is 249 g/mol. The maximum atomic E-state index is 5.90. The molecule has 4 heteroatoms. The third-order valence-electron chi connectivity index (χ3n) is 3.46. The first-order chi connectivity index (χ1) is 8.88. The van der Waals surface area contributed by atoms with E-state index in [-0.39, 0.29) is 6.10 Å². The van der Waals surface area contributed by atoms with Gasteiger partial charge in [0.05, 0.1) is 19.8 Å². The molecule has 1 saturated heterocycles. The van der Waals surface area contributed by atoms with Gasteiger partial charge in [-0.15, -0.1) is 0 Å². The Morgan fingerprint density at radius 2 is 2.33 bits per heavy atom. The van der Waals surface area contributed by atoms with Crippen LogP contribution in [0, 0.1) is 0 Å². The molecule has 0 spiro atoms. The van der Waals surface area contributed by atoms with Crippen molar-refractivity contribution in [2.45, 2.75) is 25.5 Å². The highest BCUT2D eigenvalue weighted by atomic mass is 16.5. The average Bonchev–Trinajstić information content (AvgIpc) is 2.58. The van der Waals surface area contributed by atoms with Gasteiger partial charge in [0, 0.05) is 24.2 Å². The molecule has 2 heterocycles. The fourth-order valence-electron chi connectivity index (χ4n) is 2.64. The number of nitrogens with one attached hydrogen (secondary N) is 1. The molecule has 2 aliphatic heterocycles. The van der Waals surface area contributed by atoms with Crippen molar-refractivity contribution in [1.82, 2.24) is 5.32 Å². The van der Waals surface area contributed by atoms with Crippen LogP contribution in [0.3, 0.4) is 0 Å². The molecule has 0 saturated carbocycles. The molecule has 2 atom stereocenters. The minimum atomic E-state index is 0.104. The van der Waals surface area contributed by atoms with E-state index in [1.807, 2.05) is 19.1 Å². The van der Waals surface area contributed by atoms with E-state index >= 15 is 0 Å². The standard InChI is InChI=1S/C14H19NO3/c1-2-16-10-3-4-11-13(9-10)17-7-5-12-14(11)18-8-6-15-12/h3-4,9,12,14-15H,2,5-8H2,1H3/t12-,14-/m1/s1. The average molecular weight is 249 g/mol. The summed E-state index contributed by atoms with van der Waals surface area (Å²) in [6, 6.07) is 6.39. The molecule has 3 rings (SSSR count). The SMILES string of the molecule is CCOc1ccc2c(c1)OCC[C@H]1NCCO[C@H]21. The number of benzene rings is 1. The Morgan fingerprint density at radius 1 is 1.39 bits per heavy atom. The zero-order valence-electron chi connectivity index (χ0n) is 10.6. The third kappa shape index (κ3) is 2.18. The Bertz CT molecular complexity index is 422. The predicted molar refractivity (Wildman–Crippen MR) is 68.2 cm³/mol. The molecule has 0 amide bonds. The van der Waals surface area contributed by atoms with Gasteiger partial charge in [0.25, 0.3) is 0 Å². The summed E-state index contributed by atoms with van der Waals surface area (Å²) < 4.78 is 17.2. The molecule has 1 aromatic carbocycles. The largest absolute Gasteiger partial charge is 0.494 e. The summed E-state index contributed by atoms with van der Waals surface area (Å²) >= 11 is 0. The normalized spacial score (nSPS) is 26.5. The second kappa shape index (κ2) is 5.16. The molecule has 0 aromatic heterocycles. The molecular weight excluding hydrogens is 230 g/mol. The molecule has 18 heavy (non-hydrogen) atoms. The maximum Gasteiger partial charge on any atom is 0.128 e. The fraction of sp³-hybridized carbons (Fsp3) is 0.571. The molecule has 0 bridgehead atoms. The highest BCUT2D eigenvalue weighted by Gasteiger charge is 2.31. The molecule has 1 aromatic rings. The topological polar surface area (TPSA) is 39.7 Å². The summed E-state index contributed by atoms with van der Waals surface area (Å²) in [6.45, 7) is 5.06. The molecular formula is C14H19NO3. The van der Waals surface area contributed by atoms with E-state index in [0.29, 0.717) is 12.6 Å². The van der Waals surface area contributed by atoms with Gasteiger partial charge in [0.1, 0.15) is 17.6 Å². The van der Waals surface area contributed by atoms with Gasteiger partial charge in [-0.25, -0.2) is 0 Å². The van der Waals surface area contributed by atoms with Crippen LogP contribution < -0.4 is 14.8 Å². The van der Waals surface area contributed by atoms with Crippen LogP contribution in [0.15, 0.2) is 18.2 Å². The van der Waals surface area contributed by atoms with E-state index in [1.54, 1.807) is 0 Å². The van der Waals surface area contributed by atoms with Gasteiger partial charge in [-0.1, -0.05) is 0 Å². The number of fused-ring (bicyclic) bond motifs is 3. The summed E-state index contributed by atoms with van der Waals surface area (Å²) in [5.74, 6) is 1.76. The van der Waals surface area contributed by atoms with Crippen molar-refractivity contribution in [3.63, 3.8) is 0 Å². The van der Waals surface area contributed by atoms with Gasteiger partial charge in [-0.2, -0.15) is 0 Å². The lowest BCUT2D eigenvalue weighted by Crippen LogP contribution is -2.43. The minimum absolute atomic E-state index is 0.104. The van der Waals surface area contributed by atoms with Crippen molar-refractivity contribution >= 4 is 0 Å². The van der Waals surface area contributed by atoms with E-state index < -0.39 is 0 Å². The van der Waals surface area contributed by atoms with Gasteiger partial charge < -0.3 is 19.5 Å². The lowest BCUT2D eigenvalue weighted by Gasteiger charge is -2.31. The van der Waals surface area contributed by atoms with Crippen molar-refractivity contribution in [1.29, 1.82) is 0 Å². The lowest BCUT2D eigenvalue weighted by atomic mass is 9.98. The summed E-state index contributed by atoms with van der Waals surface area (Å²) in [7, 11) is 0. The van der Waals surface area contributed by atoms with Crippen LogP contribution in [0.25, 0.3) is 0 Å². The molecule has 1 N–H and O–H groups in total. The van der Waals surface area contributed by atoms with Gasteiger partial charge in [-0.3, -0.25) is 0 Å². The highest BCUT2D eigenvalue weighted by molar-refractivity contribution is 5.43. The summed E-state index contributed by atoms with van der Waals surface area (Å²) in [4.78, 5) is 0. The van der Waals surface area contributed by atoms with Crippen LogP contribution >= 0.6 is 0 Å². The van der Waals surface area contributed by atoms with E-state index in [0.717, 1.165) is 43.2 Å².